The van der Waals surface area contributed by atoms with E-state index in [9.17, 15) is 9.59 Å². The molecule has 22 heavy (non-hydrogen) atoms. The van der Waals surface area contributed by atoms with Crippen LogP contribution in [-0.4, -0.2) is 85.4 Å². The first-order chi connectivity index (χ1) is 10.6. The molecule has 6 nitrogen and oxygen atoms in total. The number of unbranched alkanes of at least 4 members (excludes halogenated alkanes) is 1. The van der Waals surface area contributed by atoms with Gasteiger partial charge in [0.15, 0.2) is 0 Å². The third-order valence-electron chi connectivity index (χ3n) is 4.45. The maximum absolute atomic E-state index is 12.4. The minimum Gasteiger partial charge on any atom is -0.340 e. The fourth-order valence-corrected chi connectivity index (χ4v) is 2.96. The van der Waals surface area contributed by atoms with Crippen molar-refractivity contribution in [3.63, 3.8) is 0 Å². The second-order valence-electron chi connectivity index (χ2n) is 6.15. The molecule has 0 spiro atoms. The van der Waals surface area contributed by atoms with Crippen molar-refractivity contribution in [2.75, 3.05) is 52.9 Å². The molecule has 0 aromatic rings. The van der Waals surface area contributed by atoms with E-state index in [-0.39, 0.29) is 24.3 Å². The Kier molecular flexibility index (Phi) is 6.39. The van der Waals surface area contributed by atoms with Gasteiger partial charge in [-0.05, 0) is 19.9 Å². The van der Waals surface area contributed by atoms with Gasteiger partial charge in [0, 0.05) is 45.8 Å². The van der Waals surface area contributed by atoms with Crippen LogP contribution in [-0.2, 0) is 9.59 Å². The van der Waals surface area contributed by atoms with E-state index in [0.29, 0.717) is 0 Å². The van der Waals surface area contributed by atoms with Gasteiger partial charge in [0.1, 0.15) is 0 Å². The molecule has 0 aromatic carbocycles. The van der Waals surface area contributed by atoms with E-state index in [1.54, 1.807) is 0 Å². The molecule has 0 aromatic heterocycles. The summed E-state index contributed by atoms with van der Waals surface area (Å²) in [7, 11) is 2.06. The lowest BCUT2D eigenvalue weighted by molar-refractivity contribution is -0.141. The average Bonchev–Trinajstić information content (AvgIpc) is 2.51. The van der Waals surface area contributed by atoms with E-state index in [1.807, 2.05) is 15.9 Å². The summed E-state index contributed by atoms with van der Waals surface area (Å²) in [5, 5.41) is 3.20. The molecule has 0 aliphatic carbocycles. The van der Waals surface area contributed by atoms with E-state index in [4.69, 9.17) is 0 Å². The van der Waals surface area contributed by atoms with Crippen LogP contribution in [0.4, 0.5) is 0 Å². The van der Waals surface area contributed by atoms with E-state index in [2.05, 4.69) is 23.8 Å². The molecule has 2 aliphatic rings. The minimum absolute atomic E-state index is 0.0674. The first-order valence-corrected chi connectivity index (χ1v) is 8.21. The van der Waals surface area contributed by atoms with Gasteiger partial charge in [0.05, 0.1) is 12.5 Å². The Morgan fingerprint density at radius 2 is 2.05 bits per heavy atom. The van der Waals surface area contributed by atoms with Crippen LogP contribution in [0.3, 0.4) is 0 Å². The van der Waals surface area contributed by atoms with Crippen LogP contribution in [0.1, 0.15) is 19.3 Å². The standard InChI is InChI=1S/C16H28N4O2/c1-3-4-5-7-20-8-6-17-14(16(20)22)13-15(21)19-11-9-18(2)10-12-19/h3,14,17H,1,4-13H2,2H3. The number of nitrogens with one attached hydrogen (secondary N) is 1. The molecule has 2 heterocycles. The summed E-state index contributed by atoms with van der Waals surface area (Å²) >= 11 is 0. The number of allylic oxidation sites excluding steroid dienone is 1. The summed E-state index contributed by atoms with van der Waals surface area (Å²) in [5.74, 6) is 0.157. The molecular weight excluding hydrogens is 280 g/mol. The number of piperazine rings is 2. The van der Waals surface area contributed by atoms with E-state index >= 15 is 0 Å². The first kappa shape index (κ1) is 17.0. The molecule has 2 saturated heterocycles. The lowest BCUT2D eigenvalue weighted by Crippen LogP contribution is -2.57. The number of amides is 2. The van der Waals surface area contributed by atoms with E-state index < -0.39 is 0 Å². The van der Waals surface area contributed by atoms with Crippen LogP contribution in [0, 0.1) is 0 Å². The summed E-state index contributed by atoms with van der Waals surface area (Å²) in [4.78, 5) is 30.8. The highest BCUT2D eigenvalue weighted by Gasteiger charge is 2.31. The van der Waals surface area contributed by atoms with Crippen LogP contribution in [0.5, 0.6) is 0 Å². The summed E-state index contributed by atoms with van der Waals surface area (Å²) in [6, 6.07) is -0.357. The molecule has 1 atom stereocenters. The molecule has 0 radical (unpaired) electrons. The summed E-state index contributed by atoms with van der Waals surface area (Å²) in [5.41, 5.74) is 0. The molecule has 0 bridgehead atoms. The molecule has 124 valence electrons. The predicted molar refractivity (Wildman–Crippen MR) is 86.5 cm³/mol. The number of hydrogen-bond acceptors (Lipinski definition) is 4. The molecule has 2 fully saturated rings. The largest absolute Gasteiger partial charge is 0.340 e. The second-order valence-corrected chi connectivity index (χ2v) is 6.15. The number of hydrogen-bond donors (Lipinski definition) is 1. The highest BCUT2D eigenvalue weighted by molar-refractivity contribution is 5.89. The highest BCUT2D eigenvalue weighted by atomic mass is 16.2. The maximum atomic E-state index is 12.4. The van der Waals surface area contributed by atoms with Gasteiger partial charge in [-0.3, -0.25) is 9.59 Å². The number of likely N-dealkylation sites (N-methyl/N-ethyl adjacent to an activating group) is 1. The zero-order valence-electron chi connectivity index (χ0n) is 13.6. The normalized spacial score (nSPS) is 23.7. The van der Waals surface area contributed by atoms with Gasteiger partial charge in [0.2, 0.25) is 11.8 Å². The second kappa shape index (κ2) is 8.29. The van der Waals surface area contributed by atoms with Crippen molar-refractivity contribution >= 4 is 11.8 Å². The molecular formula is C16H28N4O2. The van der Waals surface area contributed by atoms with Gasteiger partial charge in [-0.1, -0.05) is 6.08 Å². The topological polar surface area (TPSA) is 55.9 Å². The number of carbonyl (C=O) groups excluding carboxylic acids is 2. The SMILES string of the molecule is C=CCCCN1CCNC(CC(=O)N2CCN(C)CC2)C1=O. The first-order valence-electron chi connectivity index (χ1n) is 8.21. The van der Waals surface area contributed by atoms with Gasteiger partial charge in [0.25, 0.3) is 0 Å². The Labute approximate surface area is 133 Å². The highest BCUT2D eigenvalue weighted by Crippen LogP contribution is 2.10. The van der Waals surface area contributed by atoms with E-state index in [1.165, 1.54) is 0 Å². The van der Waals surface area contributed by atoms with Crippen LogP contribution in [0.25, 0.3) is 0 Å². The fourth-order valence-electron chi connectivity index (χ4n) is 2.96. The molecule has 2 amide bonds. The lowest BCUT2D eigenvalue weighted by atomic mass is 10.1. The zero-order valence-corrected chi connectivity index (χ0v) is 13.6. The third kappa shape index (κ3) is 4.55. The molecule has 1 N–H and O–H groups in total. The quantitative estimate of drug-likeness (QED) is 0.551. The Morgan fingerprint density at radius 3 is 2.73 bits per heavy atom. The van der Waals surface area contributed by atoms with Gasteiger partial charge in [-0.25, -0.2) is 0 Å². The van der Waals surface area contributed by atoms with Gasteiger partial charge < -0.3 is 20.0 Å². The van der Waals surface area contributed by atoms with Gasteiger partial charge in [-0.15, -0.1) is 6.58 Å². The minimum atomic E-state index is -0.357. The van der Waals surface area contributed by atoms with Gasteiger partial charge >= 0.3 is 0 Å². The summed E-state index contributed by atoms with van der Waals surface area (Å²) in [6.45, 7) is 9.30. The Hall–Kier alpha value is -1.40. The van der Waals surface area contributed by atoms with Crippen LogP contribution >= 0.6 is 0 Å². The zero-order chi connectivity index (χ0) is 15.9. The third-order valence-corrected chi connectivity index (χ3v) is 4.45. The van der Waals surface area contributed by atoms with Crippen molar-refractivity contribution in [3.8, 4) is 0 Å². The van der Waals surface area contributed by atoms with Crippen molar-refractivity contribution in [2.24, 2.45) is 0 Å². The molecule has 1 unspecified atom stereocenters. The van der Waals surface area contributed by atoms with Crippen molar-refractivity contribution in [2.45, 2.75) is 25.3 Å². The lowest BCUT2D eigenvalue weighted by Gasteiger charge is -2.36. The fraction of sp³-hybridized carbons (Fsp3) is 0.750. The molecule has 2 aliphatic heterocycles. The Morgan fingerprint density at radius 1 is 1.32 bits per heavy atom. The molecule has 2 rings (SSSR count). The average molecular weight is 308 g/mol. The smallest absolute Gasteiger partial charge is 0.240 e. The van der Waals surface area contributed by atoms with Crippen molar-refractivity contribution in [3.05, 3.63) is 12.7 Å². The Balaban J connectivity index is 1.82. The molecule has 0 saturated carbocycles. The summed E-state index contributed by atoms with van der Waals surface area (Å²) in [6.07, 6.45) is 4.01. The number of nitrogens with zero attached hydrogens (tertiary/aromatic N) is 3. The van der Waals surface area contributed by atoms with Crippen molar-refractivity contribution < 1.29 is 9.59 Å². The monoisotopic (exact) mass is 308 g/mol. The molecule has 6 heteroatoms. The van der Waals surface area contributed by atoms with Crippen molar-refractivity contribution in [1.82, 2.24) is 20.0 Å². The summed E-state index contributed by atoms with van der Waals surface area (Å²) < 4.78 is 0. The number of carbonyl (C=O) groups is 2. The Bertz CT molecular complexity index is 405. The van der Waals surface area contributed by atoms with Crippen LogP contribution in [0.15, 0.2) is 12.7 Å². The van der Waals surface area contributed by atoms with Crippen molar-refractivity contribution in [1.29, 1.82) is 0 Å². The van der Waals surface area contributed by atoms with Crippen LogP contribution in [0.2, 0.25) is 0 Å². The van der Waals surface area contributed by atoms with Gasteiger partial charge in [-0.2, -0.15) is 0 Å². The number of rotatable bonds is 6. The van der Waals surface area contributed by atoms with Crippen LogP contribution < -0.4 is 5.32 Å². The van der Waals surface area contributed by atoms with E-state index in [0.717, 1.165) is 58.7 Å². The predicted octanol–water partition coefficient (Wildman–Crippen LogP) is -0.0829. The maximum Gasteiger partial charge on any atom is 0.240 e.